The van der Waals surface area contributed by atoms with Crippen LogP contribution < -0.4 is 5.32 Å². The predicted molar refractivity (Wildman–Crippen MR) is 161 cm³/mol. The van der Waals surface area contributed by atoms with Crippen molar-refractivity contribution in [3.8, 4) is 27.6 Å². The van der Waals surface area contributed by atoms with Crippen molar-refractivity contribution >= 4 is 44.9 Å². The summed E-state index contributed by atoms with van der Waals surface area (Å²) in [6, 6.07) is 32.3. The highest BCUT2D eigenvalue weighted by Crippen LogP contribution is 2.32. The molecule has 8 heteroatoms. The summed E-state index contributed by atoms with van der Waals surface area (Å²) in [7, 11) is 0. The Labute approximate surface area is 234 Å². The fourth-order valence-corrected chi connectivity index (χ4v) is 6.06. The van der Waals surface area contributed by atoms with Gasteiger partial charge in [0.05, 0.1) is 16.0 Å². The molecule has 2 heterocycles. The third kappa shape index (κ3) is 5.48. The number of rotatable bonds is 7. The van der Waals surface area contributed by atoms with Crippen LogP contribution in [-0.4, -0.2) is 31.4 Å². The van der Waals surface area contributed by atoms with E-state index in [1.165, 1.54) is 27.6 Å². The molecule has 39 heavy (non-hydrogen) atoms. The van der Waals surface area contributed by atoms with Gasteiger partial charge in [-0.2, -0.15) is 0 Å². The zero-order chi connectivity index (χ0) is 26.8. The molecule has 6 rings (SSSR count). The molecule has 0 spiro atoms. The first-order chi connectivity index (χ1) is 19.0. The number of nitrogens with zero attached hydrogens (tertiary/aromatic N) is 4. The SMILES string of the molecule is Cc1ccc(-c2nnc(SCC(=O)Nc3ccc(-c4nc5ccc(C)cc5s4)cc3)n2-c2ccccc2)cc1. The fourth-order valence-electron chi connectivity index (χ4n) is 4.24. The number of benzene rings is 4. The Bertz CT molecular complexity index is 1760. The van der Waals surface area contributed by atoms with Crippen LogP contribution in [0.25, 0.3) is 37.9 Å². The first kappa shape index (κ1) is 25.0. The standard InChI is InChI=1S/C31H25N5OS2/c1-20-8-11-22(12-9-20)29-34-35-31(36(29)25-6-4-3-5-7-25)38-19-28(37)32-24-15-13-23(14-16-24)30-33-26-17-10-21(2)18-27(26)39-30/h3-18H,19H2,1-2H3,(H,32,37). The van der Waals surface area contributed by atoms with E-state index in [1.54, 1.807) is 11.3 Å². The quantitative estimate of drug-likeness (QED) is 0.209. The topological polar surface area (TPSA) is 72.7 Å². The molecule has 0 saturated carbocycles. The van der Waals surface area contributed by atoms with E-state index < -0.39 is 0 Å². The number of aryl methyl sites for hydroxylation is 2. The molecule has 0 aliphatic heterocycles. The van der Waals surface area contributed by atoms with E-state index in [4.69, 9.17) is 4.98 Å². The highest BCUT2D eigenvalue weighted by molar-refractivity contribution is 7.99. The van der Waals surface area contributed by atoms with Crippen LogP contribution in [0.3, 0.4) is 0 Å². The lowest BCUT2D eigenvalue weighted by atomic mass is 10.1. The van der Waals surface area contributed by atoms with E-state index in [1.807, 2.05) is 71.3 Å². The number of aromatic nitrogens is 4. The zero-order valence-electron chi connectivity index (χ0n) is 21.5. The van der Waals surface area contributed by atoms with E-state index >= 15 is 0 Å². The second-order valence-electron chi connectivity index (χ2n) is 9.25. The number of carbonyl (C=O) groups excluding carboxylic acids is 1. The maximum Gasteiger partial charge on any atom is 0.234 e. The van der Waals surface area contributed by atoms with Gasteiger partial charge < -0.3 is 5.32 Å². The number of hydrogen-bond donors (Lipinski definition) is 1. The van der Waals surface area contributed by atoms with Crippen molar-refractivity contribution in [2.24, 2.45) is 0 Å². The summed E-state index contributed by atoms with van der Waals surface area (Å²) in [5, 5.41) is 13.5. The lowest BCUT2D eigenvalue weighted by molar-refractivity contribution is -0.113. The van der Waals surface area contributed by atoms with Gasteiger partial charge in [0.2, 0.25) is 5.91 Å². The van der Waals surface area contributed by atoms with Crippen molar-refractivity contribution in [2.45, 2.75) is 19.0 Å². The second kappa shape index (κ2) is 10.8. The van der Waals surface area contributed by atoms with Gasteiger partial charge in [0, 0.05) is 22.5 Å². The molecule has 1 N–H and O–H groups in total. The van der Waals surface area contributed by atoms with Crippen LogP contribution >= 0.6 is 23.1 Å². The molecule has 0 radical (unpaired) electrons. The number of hydrogen-bond acceptors (Lipinski definition) is 6. The van der Waals surface area contributed by atoms with Crippen molar-refractivity contribution in [1.29, 1.82) is 0 Å². The molecule has 1 amide bonds. The molecule has 4 aromatic carbocycles. The van der Waals surface area contributed by atoms with Crippen LogP contribution in [0.1, 0.15) is 11.1 Å². The van der Waals surface area contributed by atoms with E-state index in [-0.39, 0.29) is 11.7 Å². The molecule has 192 valence electrons. The normalized spacial score (nSPS) is 11.1. The van der Waals surface area contributed by atoms with E-state index in [9.17, 15) is 4.79 Å². The van der Waals surface area contributed by atoms with E-state index in [0.29, 0.717) is 5.16 Å². The minimum absolute atomic E-state index is 0.109. The summed E-state index contributed by atoms with van der Waals surface area (Å²) >= 11 is 3.03. The molecule has 6 aromatic rings. The van der Waals surface area contributed by atoms with Crippen LogP contribution in [0.2, 0.25) is 0 Å². The molecule has 0 bridgehead atoms. The molecule has 2 aromatic heterocycles. The number of nitrogens with one attached hydrogen (secondary N) is 1. The maximum absolute atomic E-state index is 12.9. The number of amides is 1. The van der Waals surface area contributed by atoms with Gasteiger partial charge in [-0.25, -0.2) is 4.98 Å². The molecular formula is C31H25N5OS2. The third-order valence-electron chi connectivity index (χ3n) is 6.25. The maximum atomic E-state index is 12.9. The Kier molecular flexibility index (Phi) is 6.96. The van der Waals surface area contributed by atoms with Crippen LogP contribution in [0.15, 0.2) is 102 Å². The Balaban J connectivity index is 1.16. The fraction of sp³-hybridized carbons (Fsp3) is 0.0968. The third-order valence-corrected chi connectivity index (χ3v) is 8.25. The Morgan fingerprint density at radius 3 is 2.33 bits per heavy atom. The Morgan fingerprint density at radius 2 is 1.56 bits per heavy atom. The van der Waals surface area contributed by atoms with Crippen molar-refractivity contribution in [3.63, 3.8) is 0 Å². The van der Waals surface area contributed by atoms with Crippen molar-refractivity contribution in [2.75, 3.05) is 11.1 Å². The smallest absolute Gasteiger partial charge is 0.234 e. The predicted octanol–water partition coefficient (Wildman–Crippen LogP) is 7.56. The minimum atomic E-state index is -0.109. The summed E-state index contributed by atoms with van der Waals surface area (Å²) in [5.74, 6) is 0.838. The number of carbonyl (C=O) groups is 1. The van der Waals surface area contributed by atoms with Crippen LogP contribution in [0.4, 0.5) is 5.69 Å². The number of para-hydroxylation sites is 1. The average Bonchev–Trinajstić information content (AvgIpc) is 3.57. The lowest BCUT2D eigenvalue weighted by Gasteiger charge is -2.11. The monoisotopic (exact) mass is 547 g/mol. The van der Waals surface area contributed by atoms with Gasteiger partial charge in [0.1, 0.15) is 5.01 Å². The van der Waals surface area contributed by atoms with Crippen LogP contribution in [0.5, 0.6) is 0 Å². The van der Waals surface area contributed by atoms with Gasteiger partial charge in [-0.05, 0) is 67.9 Å². The van der Waals surface area contributed by atoms with Crippen molar-refractivity contribution in [3.05, 3.63) is 108 Å². The van der Waals surface area contributed by atoms with Gasteiger partial charge >= 0.3 is 0 Å². The van der Waals surface area contributed by atoms with Gasteiger partial charge in [-0.3, -0.25) is 9.36 Å². The van der Waals surface area contributed by atoms with Crippen LogP contribution in [-0.2, 0) is 4.79 Å². The van der Waals surface area contributed by atoms with Crippen molar-refractivity contribution < 1.29 is 4.79 Å². The summed E-state index contributed by atoms with van der Waals surface area (Å²) in [5.41, 5.74) is 7.09. The second-order valence-corrected chi connectivity index (χ2v) is 11.2. The largest absolute Gasteiger partial charge is 0.325 e. The number of thioether (sulfide) groups is 1. The summed E-state index contributed by atoms with van der Waals surface area (Å²) in [6.45, 7) is 4.14. The molecular weight excluding hydrogens is 523 g/mol. The highest BCUT2D eigenvalue weighted by atomic mass is 32.2. The molecule has 0 aliphatic carbocycles. The number of fused-ring (bicyclic) bond motifs is 1. The van der Waals surface area contributed by atoms with E-state index in [2.05, 4.69) is 59.7 Å². The summed E-state index contributed by atoms with van der Waals surface area (Å²) in [6.07, 6.45) is 0. The average molecular weight is 548 g/mol. The van der Waals surface area contributed by atoms with Crippen LogP contribution in [0, 0.1) is 13.8 Å². The van der Waals surface area contributed by atoms with Gasteiger partial charge in [-0.15, -0.1) is 21.5 Å². The molecule has 6 nitrogen and oxygen atoms in total. The molecule has 0 unspecified atom stereocenters. The Hall–Kier alpha value is -4.27. The number of anilines is 1. The summed E-state index contributed by atoms with van der Waals surface area (Å²) < 4.78 is 3.17. The molecule has 0 fully saturated rings. The molecule has 0 saturated heterocycles. The lowest BCUT2D eigenvalue weighted by Crippen LogP contribution is -2.14. The molecule has 0 aliphatic rings. The first-order valence-electron chi connectivity index (χ1n) is 12.5. The number of thiazole rings is 1. The van der Waals surface area contributed by atoms with Crippen molar-refractivity contribution in [1.82, 2.24) is 19.7 Å². The minimum Gasteiger partial charge on any atom is -0.325 e. The van der Waals surface area contributed by atoms with Gasteiger partial charge in [0.15, 0.2) is 11.0 Å². The zero-order valence-corrected chi connectivity index (χ0v) is 23.1. The highest BCUT2D eigenvalue weighted by Gasteiger charge is 2.17. The Morgan fingerprint density at radius 1 is 0.846 bits per heavy atom. The van der Waals surface area contributed by atoms with E-state index in [0.717, 1.165) is 38.9 Å². The van der Waals surface area contributed by atoms with Gasteiger partial charge in [-0.1, -0.05) is 65.9 Å². The van der Waals surface area contributed by atoms with Gasteiger partial charge in [0.25, 0.3) is 0 Å². The molecule has 0 atom stereocenters. The summed E-state index contributed by atoms with van der Waals surface area (Å²) in [4.78, 5) is 17.6. The first-order valence-corrected chi connectivity index (χ1v) is 14.3.